The Hall–Kier alpha value is -2.13. The highest BCUT2D eigenvalue weighted by atomic mass is 19.1. The first-order valence-corrected chi connectivity index (χ1v) is 5.43. The molecule has 0 heterocycles. The maximum atomic E-state index is 13.7. The van der Waals surface area contributed by atoms with Gasteiger partial charge in [0, 0.05) is 6.54 Å². The monoisotopic (exact) mass is 290 g/mol. The minimum absolute atomic E-state index is 0.357. The summed E-state index contributed by atoms with van der Waals surface area (Å²) >= 11 is 0. The number of aliphatic hydroxyl groups excluding tert-OH is 1. The van der Waals surface area contributed by atoms with Crippen LogP contribution in [0.1, 0.15) is 17.3 Å². The zero-order valence-electron chi connectivity index (χ0n) is 10.4. The van der Waals surface area contributed by atoms with Crippen molar-refractivity contribution in [3.63, 3.8) is 0 Å². The van der Waals surface area contributed by atoms with Crippen LogP contribution >= 0.6 is 0 Å². The lowest BCUT2D eigenvalue weighted by Crippen LogP contribution is -2.43. The van der Waals surface area contributed by atoms with Crippen molar-refractivity contribution < 1.29 is 28.7 Å². The molecular weight excluding hydrogens is 278 g/mol. The number of halogens is 2. The van der Waals surface area contributed by atoms with Crippen LogP contribution in [0.25, 0.3) is 0 Å². The summed E-state index contributed by atoms with van der Waals surface area (Å²) in [5.41, 5.74) is -3.67. The van der Waals surface area contributed by atoms with Gasteiger partial charge in [0.05, 0.1) is 23.2 Å². The van der Waals surface area contributed by atoms with E-state index in [1.165, 1.54) is 6.92 Å². The normalized spacial score (nSPS) is 13.7. The van der Waals surface area contributed by atoms with Gasteiger partial charge in [-0.2, -0.15) is 4.39 Å². The van der Waals surface area contributed by atoms with Gasteiger partial charge in [-0.25, -0.2) is 4.39 Å². The molecule has 1 aromatic carbocycles. The average Bonchev–Trinajstić information content (AvgIpc) is 2.38. The minimum atomic E-state index is -1.65. The first-order valence-electron chi connectivity index (χ1n) is 5.43. The largest absolute Gasteiger partial charge is 0.393 e. The third-order valence-corrected chi connectivity index (χ3v) is 2.43. The summed E-state index contributed by atoms with van der Waals surface area (Å²) < 4.78 is 26.8. The van der Waals surface area contributed by atoms with Gasteiger partial charge in [0.25, 0.3) is 5.91 Å². The van der Waals surface area contributed by atoms with E-state index < -0.39 is 52.5 Å². The Morgan fingerprint density at radius 1 is 1.50 bits per heavy atom. The lowest BCUT2D eigenvalue weighted by atomic mass is 10.1. The maximum absolute atomic E-state index is 13.7. The van der Waals surface area contributed by atoms with Gasteiger partial charge in [-0.3, -0.25) is 14.9 Å². The van der Waals surface area contributed by atoms with E-state index in [1.54, 1.807) is 0 Å². The molecule has 0 radical (unpaired) electrons. The predicted octanol–water partition coefficient (Wildman–Crippen LogP) is 0.346. The highest BCUT2D eigenvalue weighted by molar-refractivity contribution is 5.95. The number of carbonyl (C=O) groups is 1. The van der Waals surface area contributed by atoms with E-state index in [4.69, 9.17) is 5.11 Å². The topological polar surface area (TPSA) is 113 Å². The number of amides is 1. The lowest BCUT2D eigenvalue weighted by Gasteiger charge is -2.20. The molecule has 1 rings (SSSR count). The molecule has 7 nitrogen and oxygen atoms in total. The van der Waals surface area contributed by atoms with Crippen LogP contribution in [-0.2, 0) is 0 Å². The number of hydrogen-bond acceptors (Lipinski definition) is 5. The summed E-state index contributed by atoms with van der Waals surface area (Å²) in [6.45, 7) is 0.100. The molecule has 3 N–H and O–H groups in total. The van der Waals surface area contributed by atoms with Crippen molar-refractivity contribution in [3.05, 3.63) is 39.4 Å². The fourth-order valence-corrected chi connectivity index (χ4v) is 1.29. The van der Waals surface area contributed by atoms with Crippen molar-refractivity contribution in [3.8, 4) is 0 Å². The number of nitro groups is 1. The van der Waals surface area contributed by atoms with Crippen LogP contribution in [-0.4, -0.2) is 39.8 Å². The van der Waals surface area contributed by atoms with E-state index in [9.17, 15) is 28.8 Å². The molecule has 9 heteroatoms. The Morgan fingerprint density at radius 3 is 2.60 bits per heavy atom. The van der Waals surface area contributed by atoms with Gasteiger partial charge in [-0.15, -0.1) is 0 Å². The van der Waals surface area contributed by atoms with Crippen LogP contribution in [0.15, 0.2) is 12.1 Å². The number of nitro benzene ring substituents is 1. The Labute approximate surface area is 112 Å². The first kappa shape index (κ1) is 15.9. The SMILES string of the molecule is CC(O)(CO)CNC(=O)c1cc(F)cc([N+](=O)[O-])c1F. The summed E-state index contributed by atoms with van der Waals surface area (Å²) in [6, 6.07) is 0.862. The van der Waals surface area contributed by atoms with Crippen LogP contribution in [0.2, 0.25) is 0 Å². The highest BCUT2D eigenvalue weighted by Crippen LogP contribution is 2.22. The molecule has 0 spiro atoms. The molecule has 110 valence electrons. The fourth-order valence-electron chi connectivity index (χ4n) is 1.29. The number of benzene rings is 1. The van der Waals surface area contributed by atoms with E-state index in [0.29, 0.717) is 12.1 Å². The van der Waals surface area contributed by atoms with Gasteiger partial charge in [0.15, 0.2) is 0 Å². The van der Waals surface area contributed by atoms with Crippen LogP contribution in [0.4, 0.5) is 14.5 Å². The summed E-state index contributed by atoms with van der Waals surface area (Å²) in [7, 11) is 0. The van der Waals surface area contributed by atoms with Crippen LogP contribution < -0.4 is 5.32 Å². The summed E-state index contributed by atoms with van der Waals surface area (Å²) in [6.07, 6.45) is 0. The van der Waals surface area contributed by atoms with Crippen LogP contribution in [0.5, 0.6) is 0 Å². The maximum Gasteiger partial charge on any atom is 0.308 e. The Kier molecular flexibility index (Phi) is 4.69. The molecule has 0 saturated carbocycles. The molecule has 1 unspecified atom stereocenters. The first-order chi connectivity index (χ1) is 9.18. The molecule has 20 heavy (non-hydrogen) atoms. The summed E-state index contributed by atoms with van der Waals surface area (Å²) in [5.74, 6) is -3.76. The van der Waals surface area contributed by atoms with Crippen molar-refractivity contribution >= 4 is 11.6 Å². The summed E-state index contributed by atoms with van der Waals surface area (Å²) in [4.78, 5) is 21.0. The second kappa shape index (κ2) is 5.88. The minimum Gasteiger partial charge on any atom is -0.393 e. The van der Waals surface area contributed by atoms with Crippen molar-refractivity contribution in [1.82, 2.24) is 5.32 Å². The van der Waals surface area contributed by atoms with Crippen molar-refractivity contribution in [2.24, 2.45) is 0 Å². The molecule has 0 aliphatic carbocycles. The molecule has 1 aromatic rings. The molecule has 0 aliphatic heterocycles. The Bertz CT molecular complexity index is 548. The van der Waals surface area contributed by atoms with Crippen molar-refractivity contribution in [2.75, 3.05) is 13.2 Å². The molecular formula is C11H12F2N2O5. The number of hydrogen-bond donors (Lipinski definition) is 3. The Balaban J connectivity index is 3.02. The third-order valence-electron chi connectivity index (χ3n) is 2.43. The number of nitrogens with one attached hydrogen (secondary N) is 1. The van der Waals surface area contributed by atoms with Gasteiger partial charge in [0.2, 0.25) is 5.82 Å². The molecule has 0 saturated heterocycles. The van der Waals surface area contributed by atoms with E-state index >= 15 is 0 Å². The average molecular weight is 290 g/mol. The molecule has 0 bridgehead atoms. The lowest BCUT2D eigenvalue weighted by molar-refractivity contribution is -0.387. The molecule has 0 aliphatic rings. The number of nitrogens with zero attached hydrogens (tertiary/aromatic N) is 1. The van der Waals surface area contributed by atoms with Crippen molar-refractivity contribution in [1.29, 1.82) is 0 Å². The van der Waals surface area contributed by atoms with Gasteiger partial charge in [0.1, 0.15) is 11.4 Å². The van der Waals surface area contributed by atoms with Gasteiger partial charge >= 0.3 is 5.69 Å². The number of carbonyl (C=O) groups excluding carboxylic acids is 1. The zero-order chi connectivity index (χ0) is 15.5. The second-order valence-corrected chi connectivity index (χ2v) is 4.38. The molecule has 0 fully saturated rings. The third kappa shape index (κ3) is 3.68. The van der Waals surface area contributed by atoms with E-state index in [0.717, 1.165) is 0 Å². The van der Waals surface area contributed by atoms with E-state index in [2.05, 4.69) is 0 Å². The van der Waals surface area contributed by atoms with E-state index in [1.807, 2.05) is 5.32 Å². The van der Waals surface area contributed by atoms with Gasteiger partial charge in [-0.05, 0) is 13.0 Å². The van der Waals surface area contributed by atoms with Crippen molar-refractivity contribution in [2.45, 2.75) is 12.5 Å². The Morgan fingerprint density at radius 2 is 2.10 bits per heavy atom. The highest BCUT2D eigenvalue weighted by Gasteiger charge is 2.26. The van der Waals surface area contributed by atoms with Crippen LogP contribution in [0, 0.1) is 21.7 Å². The smallest absolute Gasteiger partial charge is 0.308 e. The van der Waals surface area contributed by atoms with Gasteiger partial charge in [-0.1, -0.05) is 0 Å². The second-order valence-electron chi connectivity index (χ2n) is 4.38. The van der Waals surface area contributed by atoms with Crippen LogP contribution in [0.3, 0.4) is 0 Å². The summed E-state index contributed by atoms with van der Waals surface area (Å²) in [5, 5.41) is 30.8. The predicted molar refractivity (Wildman–Crippen MR) is 63.1 cm³/mol. The fraction of sp³-hybridized carbons (Fsp3) is 0.364. The number of rotatable bonds is 5. The zero-order valence-corrected chi connectivity index (χ0v) is 10.4. The number of aliphatic hydroxyl groups is 2. The van der Waals surface area contributed by atoms with E-state index in [-0.39, 0.29) is 0 Å². The van der Waals surface area contributed by atoms with Gasteiger partial charge < -0.3 is 15.5 Å². The molecule has 0 aromatic heterocycles. The molecule has 1 amide bonds. The molecule has 1 atom stereocenters. The quantitative estimate of drug-likeness (QED) is 0.535. The standard InChI is InChI=1S/C11H12F2N2O5/c1-11(18,5-16)4-14-10(17)7-2-6(12)3-8(9(7)13)15(19)20/h2-3,16,18H,4-5H2,1H3,(H,14,17).